The van der Waals surface area contributed by atoms with Crippen LogP contribution in [0.3, 0.4) is 0 Å². The number of nitrogens with zero attached hydrogens (tertiary/aromatic N) is 3. The van der Waals surface area contributed by atoms with Crippen molar-refractivity contribution in [3.8, 4) is 11.4 Å². The van der Waals surface area contributed by atoms with E-state index >= 15 is 0 Å². The molecule has 1 unspecified atom stereocenters. The van der Waals surface area contributed by atoms with Crippen molar-refractivity contribution in [2.24, 2.45) is 0 Å². The Morgan fingerprint density at radius 2 is 2.00 bits per heavy atom. The number of hydrogen-bond donors (Lipinski definition) is 4. The topological polar surface area (TPSA) is 117 Å². The number of piperazine rings is 1. The standard InChI is InChI=1S/C26H27ClN6O3/c1-16-11-19(33-9-7-32(15-34)8-10-33)13-21-24(16)31-25(30-21)23-20(5-6-28-26(23)36)29-14-22(35)17-3-2-4-18(27)12-17/h2-6,11-13,15,22,35H,7-10,14H2,1H3,(H,30,31)(H2,28,29,36). The zero-order chi connectivity index (χ0) is 25.2. The lowest BCUT2D eigenvalue weighted by Crippen LogP contribution is -2.45. The minimum absolute atomic E-state index is 0.187. The number of imidazole rings is 1. The molecule has 1 atom stereocenters. The molecule has 1 fully saturated rings. The molecule has 2 aromatic heterocycles. The average molecular weight is 507 g/mol. The number of hydrogen-bond acceptors (Lipinski definition) is 6. The molecule has 1 amide bonds. The van der Waals surface area contributed by atoms with Crippen molar-refractivity contribution in [2.45, 2.75) is 13.0 Å². The summed E-state index contributed by atoms with van der Waals surface area (Å²) in [5, 5.41) is 14.4. The summed E-state index contributed by atoms with van der Waals surface area (Å²) in [4.78, 5) is 38.7. The second-order valence-electron chi connectivity index (χ2n) is 8.92. The van der Waals surface area contributed by atoms with E-state index in [9.17, 15) is 14.7 Å². The summed E-state index contributed by atoms with van der Waals surface area (Å²) in [7, 11) is 0. The number of carbonyl (C=O) groups is 1. The van der Waals surface area contributed by atoms with Gasteiger partial charge in [-0.2, -0.15) is 0 Å². The van der Waals surface area contributed by atoms with E-state index in [1.807, 2.05) is 13.0 Å². The molecule has 3 heterocycles. The number of amides is 1. The lowest BCUT2D eigenvalue weighted by molar-refractivity contribution is -0.118. The highest BCUT2D eigenvalue weighted by Crippen LogP contribution is 2.30. The van der Waals surface area contributed by atoms with Gasteiger partial charge in [-0.3, -0.25) is 9.59 Å². The molecule has 2 aromatic carbocycles. The molecule has 4 aromatic rings. The van der Waals surface area contributed by atoms with Crippen molar-refractivity contribution in [1.82, 2.24) is 19.9 Å². The highest BCUT2D eigenvalue weighted by Gasteiger charge is 2.20. The highest BCUT2D eigenvalue weighted by atomic mass is 35.5. The SMILES string of the molecule is Cc1cc(N2CCN(C=O)CC2)cc2[nH]c(-c3c(NCC(O)c4cccc(Cl)c4)cc[nH]c3=O)nc12. The van der Waals surface area contributed by atoms with Crippen LogP contribution in [0.5, 0.6) is 0 Å². The molecule has 1 aliphatic heterocycles. The van der Waals surface area contributed by atoms with Gasteiger partial charge in [0.25, 0.3) is 5.56 Å². The summed E-state index contributed by atoms with van der Waals surface area (Å²) in [6.07, 6.45) is 1.64. The zero-order valence-corrected chi connectivity index (χ0v) is 20.5. The van der Waals surface area contributed by atoms with Gasteiger partial charge in [0.15, 0.2) is 0 Å². The molecule has 5 rings (SSSR count). The van der Waals surface area contributed by atoms with Crippen molar-refractivity contribution in [1.29, 1.82) is 0 Å². The summed E-state index contributed by atoms with van der Waals surface area (Å²) in [5.74, 6) is 0.442. The van der Waals surface area contributed by atoms with Gasteiger partial charge in [0.05, 0.1) is 22.8 Å². The fourth-order valence-corrected chi connectivity index (χ4v) is 4.76. The second kappa shape index (κ2) is 10.0. The van der Waals surface area contributed by atoms with Crippen LogP contribution < -0.4 is 15.8 Å². The molecular formula is C26H27ClN6O3. The first-order valence-corrected chi connectivity index (χ1v) is 12.1. The first-order valence-electron chi connectivity index (χ1n) is 11.8. The Hall–Kier alpha value is -3.82. The number of nitrogens with one attached hydrogen (secondary N) is 3. The van der Waals surface area contributed by atoms with Gasteiger partial charge in [0, 0.05) is 49.6 Å². The van der Waals surface area contributed by atoms with E-state index in [4.69, 9.17) is 16.6 Å². The monoisotopic (exact) mass is 506 g/mol. The number of benzene rings is 2. The third-order valence-corrected chi connectivity index (χ3v) is 6.74. The lowest BCUT2D eigenvalue weighted by Gasteiger charge is -2.34. The number of aromatic amines is 2. The van der Waals surface area contributed by atoms with Gasteiger partial charge in [-0.05, 0) is 48.4 Å². The van der Waals surface area contributed by atoms with Gasteiger partial charge in [-0.15, -0.1) is 0 Å². The Balaban J connectivity index is 1.43. The van der Waals surface area contributed by atoms with E-state index in [1.54, 1.807) is 41.4 Å². The maximum absolute atomic E-state index is 12.9. The second-order valence-corrected chi connectivity index (χ2v) is 9.36. The Bertz CT molecular complexity index is 1460. The van der Waals surface area contributed by atoms with Gasteiger partial charge >= 0.3 is 0 Å². The van der Waals surface area contributed by atoms with E-state index in [1.165, 1.54) is 0 Å². The third-order valence-electron chi connectivity index (χ3n) is 6.51. The molecule has 1 aliphatic rings. The fraction of sp³-hybridized carbons (Fsp3) is 0.269. The molecule has 10 heteroatoms. The Kier molecular flexibility index (Phi) is 6.67. The number of carbonyl (C=O) groups excluding carboxylic acids is 1. The van der Waals surface area contributed by atoms with Gasteiger partial charge in [-0.25, -0.2) is 4.98 Å². The molecule has 36 heavy (non-hydrogen) atoms. The van der Waals surface area contributed by atoms with Crippen LogP contribution in [-0.2, 0) is 4.79 Å². The third kappa shape index (κ3) is 4.80. The summed E-state index contributed by atoms with van der Waals surface area (Å²) in [6.45, 7) is 5.06. The van der Waals surface area contributed by atoms with Gasteiger partial charge in [0.2, 0.25) is 6.41 Å². The summed E-state index contributed by atoms with van der Waals surface area (Å²) < 4.78 is 0. The first kappa shape index (κ1) is 23.9. The van der Waals surface area contributed by atoms with Crippen molar-refractivity contribution in [3.63, 3.8) is 0 Å². The Morgan fingerprint density at radius 3 is 2.75 bits per heavy atom. The molecule has 4 N–H and O–H groups in total. The molecular weight excluding hydrogens is 480 g/mol. The van der Waals surface area contributed by atoms with Crippen LogP contribution in [0.15, 0.2) is 53.5 Å². The van der Waals surface area contributed by atoms with Crippen LogP contribution >= 0.6 is 11.6 Å². The van der Waals surface area contributed by atoms with Crippen LogP contribution in [0.1, 0.15) is 17.2 Å². The normalized spacial score (nSPS) is 14.8. The smallest absolute Gasteiger partial charge is 0.261 e. The number of halogens is 1. The largest absolute Gasteiger partial charge is 0.387 e. The van der Waals surface area contributed by atoms with Gasteiger partial charge < -0.3 is 30.2 Å². The molecule has 1 saturated heterocycles. The lowest BCUT2D eigenvalue weighted by atomic mass is 10.1. The van der Waals surface area contributed by atoms with Crippen LogP contribution in [0.2, 0.25) is 5.02 Å². The minimum Gasteiger partial charge on any atom is -0.387 e. The van der Waals surface area contributed by atoms with Crippen LogP contribution in [0.4, 0.5) is 11.4 Å². The molecule has 0 spiro atoms. The first-order chi connectivity index (χ1) is 17.4. The number of aromatic nitrogens is 3. The predicted molar refractivity (Wildman–Crippen MR) is 142 cm³/mol. The van der Waals surface area contributed by atoms with E-state index in [-0.39, 0.29) is 12.1 Å². The summed E-state index contributed by atoms with van der Waals surface area (Å²) in [5.41, 5.74) is 4.96. The number of pyridine rings is 1. The number of H-pyrrole nitrogens is 2. The molecule has 0 saturated carbocycles. The van der Waals surface area contributed by atoms with Crippen molar-refractivity contribution >= 4 is 40.4 Å². The van der Waals surface area contributed by atoms with Crippen molar-refractivity contribution in [2.75, 3.05) is 42.9 Å². The Morgan fingerprint density at radius 1 is 1.19 bits per heavy atom. The predicted octanol–water partition coefficient (Wildman–Crippen LogP) is 3.30. The van der Waals surface area contributed by atoms with Crippen molar-refractivity contribution < 1.29 is 9.90 Å². The van der Waals surface area contributed by atoms with Crippen LogP contribution in [0, 0.1) is 6.92 Å². The quantitative estimate of drug-likeness (QED) is 0.286. The highest BCUT2D eigenvalue weighted by molar-refractivity contribution is 6.30. The number of fused-ring (bicyclic) bond motifs is 1. The van der Waals surface area contributed by atoms with Crippen LogP contribution in [0.25, 0.3) is 22.4 Å². The maximum atomic E-state index is 12.9. The van der Waals surface area contributed by atoms with E-state index in [0.29, 0.717) is 40.8 Å². The summed E-state index contributed by atoms with van der Waals surface area (Å²) in [6, 6.07) is 12.9. The molecule has 0 radical (unpaired) electrons. The van der Waals surface area contributed by atoms with Gasteiger partial charge in [-0.1, -0.05) is 23.7 Å². The zero-order valence-electron chi connectivity index (χ0n) is 19.8. The van der Waals surface area contributed by atoms with Crippen LogP contribution in [-0.4, -0.2) is 64.1 Å². The number of aliphatic hydroxyl groups excluding tert-OH is 1. The number of anilines is 2. The average Bonchev–Trinajstić information content (AvgIpc) is 3.31. The van der Waals surface area contributed by atoms with E-state index in [2.05, 4.69) is 26.3 Å². The number of rotatable bonds is 7. The molecule has 9 nitrogen and oxygen atoms in total. The fourth-order valence-electron chi connectivity index (χ4n) is 4.56. The molecule has 0 bridgehead atoms. The molecule has 186 valence electrons. The number of aliphatic hydroxyl groups is 1. The Labute approximate surface area is 212 Å². The van der Waals surface area contributed by atoms with E-state index < -0.39 is 6.10 Å². The minimum atomic E-state index is -0.809. The van der Waals surface area contributed by atoms with E-state index in [0.717, 1.165) is 41.8 Å². The number of aryl methyl sites for hydroxylation is 1. The summed E-state index contributed by atoms with van der Waals surface area (Å²) >= 11 is 6.05. The van der Waals surface area contributed by atoms with Gasteiger partial charge in [0.1, 0.15) is 11.4 Å². The molecule has 0 aliphatic carbocycles. The van der Waals surface area contributed by atoms with Crippen molar-refractivity contribution in [3.05, 3.63) is 75.2 Å². The maximum Gasteiger partial charge on any atom is 0.261 e.